The topological polar surface area (TPSA) is 45.0 Å². The molecule has 0 unspecified atom stereocenters. The molecule has 1 N–H and O–H groups in total. The number of anilines is 1. The molecule has 3 nitrogen and oxygen atoms in total. The Labute approximate surface area is 131 Å². The predicted molar refractivity (Wildman–Crippen MR) is 84.2 cm³/mol. The average Bonchev–Trinajstić information content (AvgIpc) is 2.45. The Morgan fingerprint density at radius 1 is 1.35 bits per heavy atom. The standard InChI is InChI=1S/C15H12BrClN2O/c1-20-15-4-2-3-14(17)13(15)9-19-12-6-10(8-18)5-11(16)7-12/h2-7,19H,9H2,1H3. The quantitative estimate of drug-likeness (QED) is 0.876. The molecule has 20 heavy (non-hydrogen) atoms. The molecular formula is C15H12BrClN2O. The zero-order chi connectivity index (χ0) is 14.5. The SMILES string of the molecule is COc1cccc(Cl)c1CNc1cc(Br)cc(C#N)c1. The summed E-state index contributed by atoms with van der Waals surface area (Å²) in [5.41, 5.74) is 2.32. The zero-order valence-corrected chi connectivity index (χ0v) is 13.1. The van der Waals surface area contributed by atoms with Gasteiger partial charge in [0.1, 0.15) is 5.75 Å². The number of rotatable bonds is 4. The number of nitrogens with one attached hydrogen (secondary N) is 1. The number of ether oxygens (including phenoxy) is 1. The van der Waals surface area contributed by atoms with Gasteiger partial charge in [-0.1, -0.05) is 33.6 Å². The van der Waals surface area contributed by atoms with Gasteiger partial charge in [-0.15, -0.1) is 0 Å². The summed E-state index contributed by atoms with van der Waals surface area (Å²) in [5, 5.41) is 12.9. The van der Waals surface area contributed by atoms with Crippen LogP contribution < -0.4 is 10.1 Å². The minimum absolute atomic E-state index is 0.518. The first-order valence-corrected chi connectivity index (χ1v) is 7.07. The number of nitriles is 1. The molecule has 2 aromatic carbocycles. The second-order valence-corrected chi connectivity index (χ2v) is 5.44. The summed E-state index contributed by atoms with van der Waals surface area (Å²) in [6, 6.07) is 13.1. The summed E-state index contributed by atoms with van der Waals surface area (Å²) >= 11 is 9.56. The van der Waals surface area contributed by atoms with Gasteiger partial charge in [0.25, 0.3) is 0 Å². The molecule has 0 saturated carbocycles. The third kappa shape index (κ3) is 3.44. The van der Waals surface area contributed by atoms with E-state index in [0.717, 1.165) is 21.5 Å². The van der Waals surface area contributed by atoms with Gasteiger partial charge in [-0.3, -0.25) is 0 Å². The van der Waals surface area contributed by atoms with Crippen molar-refractivity contribution >= 4 is 33.2 Å². The third-order valence-electron chi connectivity index (χ3n) is 2.79. The average molecular weight is 352 g/mol. The van der Waals surface area contributed by atoms with Gasteiger partial charge in [0.15, 0.2) is 0 Å². The van der Waals surface area contributed by atoms with E-state index in [1.807, 2.05) is 24.3 Å². The van der Waals surface area contributed by atoms with Gasteiger partial charge in [0, 0.05) is 27.3 Å². The number of hydrogen-bond donors (Lipinski definition) is 1. The number of nitrogens with zero attached hydrogens (tertiary/aromatic N) is 1. The molecule has 102 valence electrons. The predicted octanol–water partition coefficient (Wildman–Crippen LogP) is 4.59. The van der Waals surface area contributed by atoms with E-state index in [9.17, 15) is 0 Å². The molecule has 0 aromatic heterocycles. The molecule has 0 aliphatic rings. The van der Waals surface area contributed by atoms with Gasteiger partial charge < -0.3 is 10.1 Å². The highest BCUT2D eigenvalue weighted by Gasteiger charge is 2.07. The third-order valence-corrected chi connectivity index (χ3v) is 3.60. The molecule has 0 spiro atoms. The second-order valence-electron chi connectivity index (χ2n) is 4.11. The molecule has 0 amide bonds. The maximum absolute atomic E-state index is 8.96. The molecule has 0 atom stereocenters. The van der Waals surface area contributed by atoms with Crippen LogP contribution in [0.25, 0.3) is 0 Å². The first-order valence-electron chi connectivity index (χ1n) is 5.90. The Balaban J connectivity index is 2.21. The van der Waals surface area contributed by atoms with Gasteiger partial charge >= 0.3 is 0 Å². The van der Waals surface area contributed by atoms with Crippen molar-refractivity contribution in [3.63, 3.8) is 0 Å². The monoisotopic (exact) mass is 350 g/mol. The summed E-state index contributed by atoms with van der Waals surface area (Å²) < 4.78 is 6.15. The van der Waals surface area contributed by atoms with Crippen molar-refractivity contribution in [2.24, 2.45) is 0 Å². The molecule has 2 rings (SSSR count). The summed E-state index contributed by atoms with van der Waals surface area (Å²) in [6.07, 6.45) is 0. The van der Waals surface area contributed by atoms with Crippen LogP contribution in [0.4, 0.5) is 5.69 Å². The lowest BCUT2D eigenvalue weighted by Gasteiger charge is -2.12. The van der Waals surface area contributed by atoms with Crippen LogP contribution in [-0.4, -0.2) is 7.11 Å². The van der Waals surface area contributed by atoms with E-state index >= 15 is 0 Å². The molecule has 0 heterocycles. The van der Waals surface area contributed by atoms with Gasteiger partial charge in [-0.05, 0) is 30.3 Å². The molecule has 0 bridgehead atoms. The van der Waals surface area contributed by atoms with E-state index in [2.05, 4.69) is 27.3 Å². The van der Waals surface area contributed by atoms with Crippen LogP contribution in [0.1, 0.15) is 11.1 Å². The number of methoxy groups -OCH3 is 1. The number of halogens is 2. The molecule has 2 aromatic rings. The smallest absolute Gasteiger partial charge is 0.125 e. The van der Waals surface area contributed by atoms with Crippen LogP contribution in [0.2, 0.25) is 5.02 Å². The van der Waals surface area contributed by atoms with Gasteiger partial charge in [-0.25, -0.2) is 0 Å². The summed E-state index contributed by atoms with van der Waals surface area (Å²) in [6.45, 7) is 0.518. The highest BCUT2D eigenvalue weighted by molar-refractivity contribution is 9.10. The Morgan fingerprint density at radius 2 is 2.15 bits per heavy atom. The van der Waals surface area contributed by atoms with Gasteiger partial charge in [0.05, 0.1) is 18.7 Å². The van der Waals surface area contributed by atoms with Crippen LogP contribution in [0.15, 0.2) is 40.9 Å². The molecule has 0 radical (unpaired) electrons. The lowest BCUT2D eigenvalue weighted by atomic mass is 10.1. The molecule has 0 aliphatic carbocycles. The van der Waals surface area contributed by atoms with E-state index in [-0.39, 0.29) is 0 Å². The van der Waals surface area contributed by atoms with Crippen molar-refractivity contribution in [2.75, 3.05) is 12.4 Å². The van der Waals surface area contributed by atoms with Crippen molar-refractivity contribution in [3.8, 4) is 11.8 Å². The Bertz CT molecular complexity index is 667. The summed E-state index contributed by atoms with van der Waals surface area (Å²) in [5.74, 6) is 0.737. The second kappa shape index (κ2) is 6.65. The minimum Gasteiger partial charge on any atom is -0.496 e. The fourth-order valence-corrected chi connectivity index (χ4v) is 2.57. The fourth-order valence-electron chi connectivity index (χ4n) is 1.85. The lowest BCUT2D eigenvalue weighted by molar-refractivity contribution is 0.410. The van der Waals surface area contributed by atoms with Crippen molar-refractivity contribution in [1.29, 1.82) is 5.26 Å². The Morgan fingerprint density at radius 3 is 2.85 bits per heavy atom. The zero-order valence-electron chi connectivity index (χ0n) is 10.8. The van der Waals surface area contributed by atoms with E-state index < -0.39 is 0 Å². The number of hydrogen-bond acceptors (Lipinski definition) is 3. The molecule has 5 heteroatoms. The minimum atomic E-state index is 0.518. The molecular weight excluding hydrogens is 340 g/mol. The van der Waals surface area contributed by atoms with Crippen molar-refractivity contribution < 1.29 is 4.74 Å². The fraction of sp³-hybridized carbons (Fsp3) is 0.133. The lowest BCUT2D eigenvalue weighted by Crippen LogP contribution is -2.02. The van der Waals surface area contributed by atoms with Gasteiger partial charge in [-0.2, -0.15) is 5.26 Å². The largest absolute Gasteiger partial charge is 0.496 e. The Kier molecular flexibility index (Phi) is 4.89. The molecule has 0 aliphatic heterocycles. The normalized spacial score (nSPS) is 9.90. The van der Waals surface area contributed by atoms with Crippen LogP contribution in [0.5, 0.6) is 5.75 Å². The van der Waals surface area contributed by atoms with Crippen LogP contribution in [0.3, 0.4) is 0 Å². The maximum atomic E-state index is 8.96. The maximum Gasteiger partial charge on any atom is 0.125 e. The highest BCUT2D eigenvalue weighted by atomic mass is 79.9. The van der Waals surface area contributed by atoms with Crippen molar-refractivity contribution in [1.82, 2.24) is 0 Å². The summed E-state index contributed by atoms with van der Waals surface area (Å²) in [7, 11) is 1.61. The Hall–Kier alpha value is -1.70. The molecule has 0 saturated heterocycles. The molecule has 0 fully saturated rings. The van der Waals surface area contributed by atoms with E-state index in [1.165, 1.54) is 0 Å². The van der Waals surface area contributed by atoms with Crippen LogP contribution in [0, 0.1) is 11.3 Å². The van der Waals surface area contributed by atoms with E-state index in [4.69, 9.17) is 21.6 Å². The van der Waals surface area contributed by atoms with Gasteiger partial charge in [0.2, 0.25) is 0 Å². The van der Waals surface area contributed by atoms with E-state index in [1.54, 1.807) is 19.2 Å². The van der Waals surface area contributed by atoms with E-state index in [0.29, 0.717) is 17.1 Å². The van der Waals surface area contributed by atoms with Crippen LogP contribution in [-0.2, 0) is 6.54 Å². The summed E-state index contributed by atoms with van der Waals surface area (Å²) in [4.78, 5) is 0. The first-order chi connectivity index (χ1) is 9.63. The first kappa shape index (κ1) is 14.7. The highest BCUT2D eigenvalue weighted by Crippen LogP contribution is 2.27. The van der Waals surface area contributed by atoms with Crippen molar-refractivity contribution in [2.45, 2.75) is 6.54 Å². The van der Waals surface area contributed by atoms with Crippen molar-refractivity contribution in [3.05, 3.63) is 57.0 Å². The number of benzene rings is 2. The van der Waals surface area contributed by atoms with Crippen LogP contribution >= 0.6 is 27.5 Å².